The fraction of sp³-hybridized carbons (Fsp3) is 0.900. The van der Waals surface area contributed by atoms with Crippen LogP contribution in [0, 0.1) is 5.41 Å². The molecular formula is C10H15F4NO. The molecule has 0 N–H and O–H groups in total. The lowest BCUT2D eigenvalue weighted by atomic mass is 9.94. The number of hydrogen-bond acceptors (Lipinski definition) is 1. The van der Waals surface area contributed by atoms with Gasteiger partial charge < -0.3 is 4.90 Å². The number of halogens is 4. The normalized spacial score (nSPS) is 27.3. The van der Waals surface area contributed by atoms with Gasteiger partial charge in [-0.15, -0.1) is 0 Å². The Bertz CT molecular complexity index is 282. The summed E-state index contributed by atoms with van der Waals surface area (Å²) in [6.07, 6.45) is -6.79. The van der Waals surface area contributed by atoms with Gasteiger partial charge >= 0.3 is 6.18 Å². The Hall–Kier alpha value is -0.810. The lowest BCUT2D eigenvalue weighted by Crippen LogP contribution is -2.48. The number of carbonyl (C=O) groups is 1. The molecule has 1 aliphatic rings. The highest BCUT2D eigenvalue weighted by Gasteiger charge is 2.52. The van der Waals surface area contributed by atoms with Gasteiger partial charge in [0.15, 0.2) is 0 Å². The van der Waals surface area contributed by atoms with Crippen molar-refractivity contribution < 1.29 is 22.4 Å². The molecule has 1 aliphatic heterocycles. The Balaban J connectivity index is 2.91. The molecular weight excluding hydrogens is 226 g/mol. The third-order valence-corrected chi connectivity index (χ3v) is 2.53. The average Bonchev–Trinajstić information content (AvgIpc) is 2.43. The van der Waals surface area contributed by atoms with Gasteiger partial charge in [0.25, 0.3) is 0 Å². The van der Waals surface area contributed by atoms with E-state index in [4.69, 9.17) is 0 Å². The van der Waals surface area contributed by atoms with Gasteiger partial charge in [0.2, 0.25) is 5.91 Å². The SMILES string of the molecule is CC(C)(C)C(=O)N1CC(F)CC1C(F)(F)F. The highest BCUT2D eigenvalue weighted by atomic mass is 19.4. The van der Waals surface area contributed by atoms with Crippen LogP contribution in [-0.2, 0) is 4.79 Å². The van der Waals surface area contributed by atoms with Crippen molar-refractivity contribution in [3.05, 3.63) is 0 Å². The molecule has 1 amide bonds. The van der Waals surface area contributed by atoms with Crippen molar-refractivity contribution in [3.63, 3.8) is 0 Å². The van der Waals surface area contributed by atoms with Gasteiger partial charge in [-0.25, -0.2) is 4.39 Å². The predicted molar refractivity (Wildman–Crippen MR) is 50.5 cm³/mol. The molecule has 2 atom stereocenters. The van der Waals surface area contributed by atoms with E-state index in [1.54, 1.807) is 0 Å². The van der Waals surface area contributed by atoms with E-state index in [1.165, 1.54) is 20.8 Å². The molecule has 1 fully saturated rings. The molecule has 1 heterocycles. The summed E-state index contributed by atoms with van der Waals surface area (Å²) in [5, 5.41) is 0. The molecule has 6 heteroatoms. The molecule has 1 rings (SSSR count). The van der Waals surface area contributed by atoms with Gasteiger partial charge in [-0.1, -0.05) is 20.8 Å². The quantitative estimate of drug-likeness (QED) is 0.597. The zero-order valence-corrected chi connectivity index (χ0v) is 9.44. The summed E-state index contributed by atoms with van der Waals surface area (Å²) >= 11 is 0. The first-order chi connectivity index (χ1) is 7.03. The van der Waals surface area contributed by atoms with Gasteiger partial charge in [0.05, 0.1) is 6.54 Å². The van der Waals surface area contributed by atoms with Gasteiger partial charge in [-0.2, -0.15) is 13.2 Å². The molecule has 16 heavy (non-hydrogen) atoms. The Morgan fingerprint density at radius 3 is 2.12 bits per heavy atom. The van der Waals surface area contributed by atoms with Crippen molar-refractivity contribution >= 4 is 5.91 Å². The molecule has 0 aromatic carbocycles. The highest BCUT2D eigenvalue weighted by molar-refractivity contribution is 5.82. The number of rotatable bonds is 0. The van der Waals surface area contributed by atoms with Crippen molar-refractivity contribution in [2.24, 2.45) is 5.41 Å². The predicted octanol–water partition coefficient (Wildman–Crippen LogP) is 2.53. The lowest BCUT2D eigenvalue weighted by molar-refractivity contribution is -0.186. The molecule has 2 unspecified atom stereocenters. The maximum Gasteiger partial charge on any atom is 0.408 e. The third kappa shape index (κ3) is 2.65. The van der Waals surface area contributed by atoms with Crippen molar-refractivity contribution in [3.8, 4) is 0 Å². The first-order valence-corrected chi connectivity index (χ1v) is 5.05. The minimum atomic E-state index is -4.55. The molecule has 1 saturated heterocycles. The summed E-state index contributed by atoms with van der Waals surface area (Å²) in [6.45, 7) is 4.11. The van der Waals surface area contributed by atoms with Crippen LogP contribution in [0.1, 0.15) is 27.2 Å². The molecule has 0 aromatic rings. The smallest absolute Gasteiger partial charge is 0.327 e. The molecule has 0 spiro atoms. The van der Waals surface area contributed by atoms with E-state index in [1.807, 2.05) is 0 Å². The minimum Gasteiger partial charge on any atom is -0.327 e. The number of carbonyl (C=O) groups excluding carboxylic acids is 1. The van der Waals surface area contributed by atoms with E-state index in [-0.39, 0.29) is 0 Å². The fourth-order valence-corrected chi connectivity index (χ4v) is 1.75. The Kier molecular flexibility index (Phi) is 3.22. The first-order valence-electron chi connectivity index (χ1n) is 5.05. The molecule has 0 radical (unpaired) electrons. The maximum atomic E-state index is 13.0. The molecule has 0 aliphatic carbocycles. The monoisotopic (exact) mass is 241 g/mol. The number of alkyl halides is 4. The summed E-state index contributed by atoms with van der Waals surface area (Å²) in [5.41, 5.74) is -0.923. The van der Waals surface area contributed by atoms with Crippen molar-refractivity contribution in [2.75, 3.05) is 6.54 Å². The molecule has 0 saturated carbocycles. The number of amides is 1. The van der Waals surface area contributed by atoms with E-state index in [2.05, 4.69) is 0 Å². The highest BCUT2D eigenvalue weighted by Crippen LogP contribution is 2.36. The largest absolute Gasteiger partial charge is 0.408 e. The van der Waals surface area contributed by atoms with Crippen LogP contribution in [0.5, 0.6) is 0 Å². The summed E-state index contributed by atoms with van der Waals surface area (Å²) in [7, 11) is 0. The summed E-state index contributed by atoms with van der Waals surface area (Å²) < 4.78 is 50.7. The maximum absolute atomic E-state index is 13.0. The summed E-state index contributed by atoms with van der Waals surface area (Å²) in [4.78, 5) is 12.3. The molecule has 0 bridgehead atoms. The van der Waals surface area contributed by atoms with Crippen molar-refractivity contribution in [1.82, 2.24) is 4.90 Å². The summed E-state index contributed by atoms with van der Waals surface area (Å²) in [6, 6.07) is -1.98. The average molecular weight is 241 g/mol. The minimum absolute atomic E-state index is 0.458. The fourth-order valence-electron chi connectivity index (χ4n) is 1.75. The van der Waals surface area contributed by atoms with Gasteiger partial charge in [-0.3, -0.25) is 4.79 Å². The van der Waals surface area contributed by atoms with Crippen LogP contribution in [0.4, 0.5) is 17.6 Å². The second kappa shape index (κ2) is 3.89. The molecule has 94 valence electrons. The van der Waals surface area contributed by atoms with Crippen molar-refractivity contribution in [2.45, 2.75) is 45.6 Å². The molecule has 0 aromatic heterocycles. The molecule has 2 nitrogen and oxygen atoms in total. The van der Waals surface area contributed by atoms with E-state index < -0.39 is 42.7 Å². The Labute approximate surface area is 91.6 Å². The van der Waals surface area contributed by atoms with Crippen LogP contribution < -0.4 is 0 Å². The number of likely N-dealkylation sites (tertiary alicyclic amines) is 1. The van der Waals surface area contributed by atoms with Crippen LogP contribution in [0.2, 0.25) is 0 Å². The van der Waals surface area contributed by atoms with Crippen LogP contribution in [-0.4, -0.2) is 35.7 Å². The zero-order valence-electron chi connectivity index (χ0n) is 9.44. The number of hydrogen-bond donors (Lipinski definition) is 0. The standard InChI is InChI=1S/C10H15F4NO/c1-9(2,3)8(16)15-5-6(11)4-7(15)10(12,13)14/h6-7H,4-5H2,1-3H3. The second-order valence-electron chi connectivity index (χ2n) is 5.10. The van der Waals surface area contributed by atoms with Crippen LogP contribution in [0.15, 0.2) is 0 Å². The van der Waals surface area contributed by atoms with Crippen LogP contribution in [0.3, 0.4) is 0 Å². The van der Waals surface area contributed by atoms with Crippen LogP contribution in [0.25, 0.3) is 0 Å². The van der Waals surface area contributed by atoms with E-state index >= 15 is 0 Å². The van der Waals surface area contributed by atoms with Crippen molar-refractivity contribution in [1.29, 1.82) is 0 Å². The Morgan fingerprint density at radius 1 is 1.25 bits per heavy atom. The van der Waals surface area contributed by atoms with Crippen LogP contribution >= 0.6 is 0 Å². The van der Waals surface area contributed by atoms with E-state index in [0.29, 0.717) is 4.90 Å². The topological polar surface area (TPSA) is 20.3 Å². The van der Waals surface area contributed by atoms with Gasteiger partial charge in [-0.05, 0) is 0 Å². The second-order valence-corrected chi connectivity index (χ2v) is 5.10. The zero-order chi connectivity index (χ0) is 12.7. The Morgan fingerprint density at radius 2 is 1.75 bits per heavy atom. The summed E-state index contributed by atoms with van der Waals surface area (Å²) in [5.74, 6) is -0.657. The van der Waals surface area contributed by atoms with E-state index in [9.17, 15) is 22.4 Å². The third-order valence-electron chi connectivity index (χ3n) is 2.53. The first kappa shape index (κ1) is 13.3. The lowest BCUT2D eigenvalue weighted by Gasteiger charge is -2.31. The van der Waals surface area contributed by atoms with Gasteiger partial charge in [0.1, 0.15) is 12.2 Å². The number of nitrogens with zero attached hydrogens (tertiary/aromatic N) is 1. The van der Waals surface area contributed by atoms with Gasteiger partial charge in [0, 0.05) is 11.8 Å². The van der Waals surface area contributed by atoms with E-state index in [0.717, 1.165) is 0 Å².